The van der Waals surface area contributed by atoms with Gasteiger partial charge in [0.25, 0.3) is 0 Å². The van der Waals surface area contributed by atoms with Gasteiger partial charge in [0.1, 0.15) is 11.3 Å². The van der Waals surface area contributed by atoms with Crippen LogP contribution in [0.4, 0.5) is 10.1 Å². The number of anilines is 1. The number of benzene rings is 1. The predicted octanol–water partition coefficient (Wildman–Crippen LogP) is 4.36. The highest BCUT2D eigenvalue weighted by atomic mass is 19.1. The minimum Gasteiger partial charge on any atom is -0.492 e. The number of hydrogen-bond acceptors (Lipinski definition) is 5. The van der Waals surface area contributed by atoms with Crippen LogP contribution in [-0.4, -0.2) is 49.4 Å². The van der Waals surface area contributed by atoms with Crippen molar-refractivity contribution in [1.82, 2.24) is 9.88 Å². The molecule has 0 fully saturated rings. The van der Waals surface area contributed by atoms with Crippen LogP contribution < -0.4 is 20.4 Å². The Labute approximate surface area is 190 Å². The van der Waals surface area contributed by atoms with Crippen LogP contribution in [-0.2, 0) is 6.54 Å². The quantitative estimate of drug-likeness (QED) is 0.528. The SMILES string of the molecule is CC.CCCn1cc(C(=O)O)c(=O)c2cc(F)c(N(CCNC)CC(C)CC)c(OC)c21. The number of nitrogens with one attached hydrogen (secondary N) is 1. The van der Waals surface area contributed by atoms with E-state index in [0.717, 1.165) is 12.5 Å². The van der Waals surface area contributed by atoms with Gasteiger partial charge in [-0.25, -0.2) is 9.18 Å². The molecule has 1 aromatic heterocycles. The molecule has 0 radical (unpaired) electrons. The van der Waals surface area contributed by atoms with Gasteiger partial charge in [-0.1, -0.05) is 41.0 Å². The topological polar surface area (TPSA) is 83.8 Å². The van der Waals surface area contributed by atoms with Crippen molar-refractivity contribution in [2.24, 2.45) is 5.92 Å². The lowest BCUT2D eigenvalue weighted by Gasteiger charge is -2.30. The number of halogens is 1. The predicted molar refractivity (Wildman–Crippen MR) is 129 cm³/mol. The van der Waals surface area contributed by atoms with Crippen LogP contribution in [0.25, 0.3) is 10.9 Å². The molecule has 180 valence electrons. The van der Waals surface area contributed by atoms with Crippen molar-refractivity contribution in [3.8, 4) is 5.75 Å². The molecule has 32 heavy (non-hydrogen) atoms. The van der Waals surface area contributed by atoms with Crippen LogP contribution >= 0.6 is 0 Å². The number of carbonyl (C=O) groups is 1. The highest BCUT2D eigenvalue weighted by Gasteiger charge is 2.26. The molecule has 0 bridgehead atoms. The van der Waals surface area contributed by atoms with Gasteiger partial charge >= 0.3 is 5.97 Å². The Morgan fingerprint density at radius 1 is 1.34 bits per heavy atom. The molecule has 2 N–H and O–H groups in total. The standard InChI is InChI=1S/C22H32FN3O4.C2H6/c1-6-9-25-13-16(22(28)29)20(27)15-11-17(23)19(21(30-5)18(15)25)26(10-8-24-4)12-14(3)7-2;1-2/h11,13-14,24H,6-10,12H2,1-5H3,(H,28,29);1-2H3. The maximum Gasteiger partial charge on any atom is 0.341 e. The molecular weight excluding hydrogens is 413 g/mol. The summed E-state index contributed by atoms with van der Waals surface area (Å²) in [6.07, 6.45) is 2.98. The monoisotopic (exact) mass is 451 g/mol. The van der Waals surface area contributed by atoms with E-state index in [-0.39, 0.29) is 16.7 Å². The van der Waals surface area contributed by atoms with Gasteiger partial charge in [0, 0.05) is 32.4 Å². The zero-order chi connectivity index (χ0) is 24.4. The summed E-state index contributed by atoms with van der Waals surface area (Å²) in [6.45, 7) is 12.4. The molecule has 1 unspecified atom stereocenters. The summed E-state index contributed by atoms with van der Waals surface area (Å²) in [5.41, 5.74) is -0.369. The normalized spacial score (nSPS) is 11.6. The van der Waals surface area contributed by atoms with Crippen molar-refractivity contribution in [3.05, 3.63) is 33.9 Å². The number of methoxy groups -OCH3 is 1. The Bertz CT molecular complexity index is 959. The lowest BCUT2D eigenvalue weighted by atomic mass is 10.1. The fourth-order valence-corrected chi connectivity index (χ4v) is 3.59. The summed E-state index contributed by atoms with van der Waals surface area (Å²) < 4.78 is 22.7. The molecule has 0 saturated heterocycles. The fourth-order valence-electron chi connectivity index (χ4n) is 3.59. The van der Waals surface area contributed by atoms with Crippen molar-refractivity contribution in [2.75, 3.05) is 38.7 Å². The number of fused-ring (bicyclic) bond motifs is 1. The van der Waals surface area contributed by atoms with Crippen LogP contribution in [0.5, 0.6) is 5.75 Å². The molecule has 1 aromatic carbocycles. The molecule has 0 amide bonds. The Kier molecular flexibility index (Phi) is 11.2. The molecule has 2 aromatic rings. The van der Waals surface area contributed by atoms with Crippen molar-refractivity contribution < 1.29 is 19.0 Å². The molecular formula is C24H38FN3O4. The van der Waals surface area contributed by atoms with Crippen LogP contribution in [0.3, 0.4) is 0 Å². The molecule has 2 rings (SSSR count). The number of hydrogen-bond donors (Lipinski definition) is 2. The summed E-state index contributed by atoms with van der Waals surface area (Å²) in [7, 11) is 3.28. The summed E-state index contributed by atoms with van der Waals surface area (Å²) in [4.78, 5) is 26.3. The second-order valence-electron chi connectivity index (χ2n) is 7.57. The molecule has 7 nitrogen and oxygen atoms in total. The van der Waals surface area contributed by atoms with Gasteiger partial charge in [0.15, 0.2) is 11.6 Å². The average Bonchev–Trinajstić information content (AvgIpc) is 2.78. The summed E-state index contributed by atoms with van der Waals surface area (Å²) in [5, 5.41) is 12.5. The van der Waals surface area contributed by atoms with Crippen molar-refractivity contribution >= 4 is 22.6 Å². The zero-order valence-corrected chi connectivity index (χ0v) is 20.4. The van der Waals surface area contributed by atoms with Gasteiger partial charge in [0.2, 0.25) is 5.43 Å². The van der Waals surface area contributed by atoms with E-state index in [2.05, 4.69) is 19.2 Å². The van der Waals surface area contributed by atoms with Crippen molar-refractivity contribution in [2.45, 2.75) is 54.0 Å². The maximum absolute atomic E-state index is 15.4. The molecule has 0 saturated carbocycles. The van der Waals surface area contributed by atoms with Crippen LogP contribution in [0.1, 0.15) is 57.8 Å². The molecule has 1 atom stereocenters. The lowest BCUT2D eigenvalue weighted by Crippen LogP contribution is -2.35. The van der Waals surface area contributed by atoms with Gasteiger partial charge in [0.05, 0.1) is 18.0 Å². The molecule has 0 aliphatic rings. The van der Waals surface area contributed by atoms with E-state index in [1.807, 2.05) is 32.7 Å². The van der Waals surface area contributed by atoms with E-state index in [1.165, 1.54) is 13.3 Å². The Morgan fingerprint density at radius 3 is 2.50 bits per heavy atom. The van der Waals surface area contributed by atoms with Gasteiger partial charge in [-0.2, -0.15) is 0 Å². The second kappa shape index (κ2) is 13.1. The van der Waals surface area contributed by atoms with E-state index >= 15 is 4.39 Å². The number of aromatic nitrogens is 1. The van der Waals surface area contributed by atoms with E-state index in [1.54, 1.807) is 4.57 Å². The smallest absolute Gasteiger partial charge is 0.341 e. The fraction of sp³-hybridized carbons (Fsp3) is 0.583. The van der Waals surface area contributed by atoms with Crippen molar-refractivity contribution in [3.63, 3.8) is 0 Å². The second-order valence-corrected chi connectivity index (χ2v) is 7.57. The number of rotatable bonds is 11. The summed E-state index contributed by atoms with van der Waals surface area (Å²) >= 11 is 0. The molecule has 8 heteroatoms. The van der Waals surface area contributed by atoms with E-state index in [4.69, 9.17) is 4.74 Å². The number of nitrogens with zero attached hydrogens (tertiary/aromatic N) is 2. The third-order valence-corrected chi connectivity index (χ3v) is 5.32. The minimum absolute atomic E-state index is 0.0126. The van der Waals surface area contributed by atoms with Crippen molar-refractivity contribution in [1.29, 1.82) is 0 Å². The Hall–Kier alpha value is -2.61. The summed E-state index contributed by atoms with van der Waals surface area (Å²) in [6, 6.07) is 1.15. The molecule has 1 heterocycles. The number of pyridine rings is 1. The first-order chi connectivity index (χ1) is 15.3. The lowest BCUT2D eigenvalue weighted by molar-refractivity contribution is 0.0694. The van der Waals surface area contributed by atoms with Gasteiger partial charge in [-0.3, -0.25) is 4.79 Å². The largest absolute Gasteiger partial charge is 0.492 e. The maximum atomic E-state index is 15.4. The van der Waals surface area contributed by atoms with Crippen LogP contribution in [0.15, 0.2) is 17.1 Å². The van der Waals surface area contributed by atoms with Crippen LogP contribution in [0.2, 0.25) is 0 Å². The molecule has 0 aliphatic heterocycles. The number of aryl methyl sites for hydroxylation is 1. The van der Waals surface area contributed by atoms with Crippen LogP contribution in [0, 0.1) is 11.7 Å². The molecule has 0 spiro atoms. The van der Waals surface area contributed by atoms with Gasteiger partial charge < -0.3 is 24.6 Å². The number of carboxylic acid groups (broad SMARTS) is 1. The Morgan fingerprint density at radius 2 is 2.00 bits per heavy atom. The highest BCUT2D eigenvalue weighted by Crippen LogP contribution is 2.38. The van der Waals surface area contributed by atoms with E-state index < -0.39 is 17.2 Å². The van der Waals surface area contributed by atoms with E-state index in [9.17, 15) is 14.7 Å². The van der Waals surface area contributed by atoms with Gasteiger partial charge in [-0.05, 0) is 25.5 Å². The first-order valence-corrected chi connectivity index (χ1v) is 11.4. The van der Waals surface area contributed by atoms with E-state index in [0.29, 0.717) is 49.7 Å². The highest BCUT2D eigenvalue weighted by molar-refractivity contribution is 5.97. The number of carboxylic acids is 1. The third-order valence-electron chi connectivity index (χ3n) is 5.32. The third kappa shape index (κ3) is 6.00. The first kappa shape index (κ1) is 27.4. The number of aromatic carboxylic acids is 1. The molecule has 0 aliphatic carbocycles. The average molecular weight is 452 g/mol. The number of likely N-dealkylation sites (N-methyl/N-ethyl adjacent to an activating group) is 1. The minimum atomic E-state index is -1.33. The van der Waals surface area contributed by atoms with Gasteiger partial charge in [-0.15, -0.1) is 0 Å². The summed E-state index contributed by atoms with van der Waals surface area (Å²) in [5.74, 6) is -1.34. The Balaban J connectivity index is 0.00000249. The number of ether oxygens (including phenoxy) is 1. The zero-order valence-electron chi connectivity index (χ0n) is 20.4. The first-order valence-electron chi connectivity index (χ1n) is 11.4.